The Kier molecular flexibility index (Phi) is 5.56. The second-order valence-corrected chi connectivity index (χ2v) is 9.79. The summed E-state index contributed by atoms with van der Waals surface area (Å²) in [7, 11) is 0. The summed E-state index contributed by atoms with van der Waals surface area (Å²) in [6.07, 6.45) is 15.3. The third-order valence-electron chi connectivity index (χ3n) is 8.05. The molecule has 0 nitrogen and oxygen atoms in total. The van der Waals surface area contributed by atoms with Crippen molar-refractivity contribution in [2.24, 2.45) is 47.3 Å². The van der Waals surface area contributed by atoms with Crippen molar-refractivity contribution < 1.29 is 0 Å². The van der Waals surface area contributed by atoms with Crippen LogP contribution < -0.4 is 0 Å². The maximum Gasteiger partial charge on any atom is -0.0360 e. The first-order chi connectivity index (χ1) is 10.5. The molecule has 0 aromatic heterocycles. The Morgan fingerprint density at radius 1 is 0.455 bits per heavy atom. The van der Waals surface area contributed by atoms with Gasteiger partial charge in [-0.05, 0) is 92.3 Å². The zero-order chi connectivity index (χ0) is 15.7. The molecule has 6 atom stereocenters. The first-order valence-corrected chi connectivity index (χ1v) is 10.5. The van der Waals surface area contributed by atoms with E-state index in [0.29, 0.717) is 0 Å². The zero-order valence-corrected chi connectivity index (χ0v) is 15.7. The van der Waals surface area contributed by atoms with E-state index in [4.69, 9.17) is 0 Å². The van der Waals surface area contributed by atoms with Gasteiger partial charge in [0.25, 0.3) is 0 Å². The Hall–Kier alpha value is 0. The molecule has 0 aliphatic heterocycles. The van der Waals surface area contributed by atoms with E-state index < -0.39 is 0 Å². The molecule has 3 fully saturated rings. The number of hydrogen-bond donors (Lipinski definition) is 0. The molecule has 0 spiro atoms. The fraction of sp³-hybridized carbons (Fsp3) is 1.00. The zero-order valence-electron chi connectivity index (χ0n) is 15.7. The minimum Gasteiger partial charge on any atom is -0.0625 e. The fourth-order valence-corrected chi connectivity index (χ4v) is 6.65. The molecule has 0 bridgehead atoms. The molecule has 0 radical (unpaired) electrons. The summed E-state index contributed by atoms with van der Waals surface area (Å²) >= 11 is 0. The maximum absolute atomic E-state index is 2.60. The van der Waals surface area contributed by atoms with Gasteiger partial charge in [0.05, 0.1) is 0 Å². The summed E-state index contributed by atoms with van der Waals surface area (Å²) in [4.78, 5) is 0. The summed E-state index contributed by atoms with van der Waals surface area (Å²) in [6.45, 7) is 10.1. The second-order valence-electron chi connectivity index (χ2n) is 9.79. The summed E-state index contributed by atoms with van der Waals surface area (Å²) < 4.78 is 0. The normalized spacial score (nSPS) is 50.7. The fourth-order valence-electron chi connectivity index (χ4n) is 6.65. The van der Waals surface area contributed by atoms with Gasteiger partial charge >= 0.3 is 0 Å². The van der Waals surface area contributed by atoms with E-state index in [2.05, 4.69) is 27.7 Å². The first kappa shape index (κ1) is 16.8. The first-order valence-electron chi connectivity index (χ1n) is 10.5. The van der Waals surface area contributed by atoms with E-state index in [9.17, 15) is 0 Å². The molecule has 0 heteroatoms. The van der Waals surface area contributed by atoms with Gasteiger partial charge in [0.15, 0.2) is 0 Å². The quantitative estimate of drug-likeness (QED) is 0.518. The van der Waals surface area contributed by atoms with Crippen molar-refractivity contribution in [1.82, 2.24) is 0 Å². The highest BCUT2D eigenvalue weighted by Crippen LogP contribution is 2.49. The van der Waals surface area contributed by atoms with Crippen LogP contribution in [0.5, 0.6) is 0 Å². The van der Waals surface area contributed by atoms with Crippen LogP contribution in [0.3, 0.4) is 0 Å². The molecule has 0 heterocycles. The van der Waals surface area contributed by atoms with Crippen molar-refractivity contribution in [3.8, 4) is 0 Å². The van der Waals surface area contributed by atoms with Gasteiger partial charge in [-0.2, -0.15) is 0 Å². The Morgan fingerprint density at radius 2 is 0.955 bits per heavy atom. The molecular weight excluding hydrogens is 264 g/mol. The highest BCUT2D eigenvalue weighted by molar-refractivity contribution is 4.89. The van der Waals surface area contributed by atoms with Crippen molar-refractivity contribution in [2.45, 2.75) is 91.9 Å². The number of hydrogen-bond acceptors (Lipinski definition) is 0. The van der Waals surface area contributed by atoms with Crippen LogP contribution in [0, 0.1) is 47.3 Å². The number of rotatable bonds is 2. The van der Waals surface area contributed by atoms with Gasteiger partial charge in [0, 0.05) is 0 Å². The molecule has 0 aromatic carbocycles. The minimum absolute atomic E-state index is 0.990. The smallest absolute Gasteiger partial charge is 0.0360 e. The third-order valence-corrected chi connectivity index (χ3v) is 8.05. The summed E-state index contributed by atoms with van der Waals surface area (Å²) in [5, 5.41) is 0. The van der Waals surface area contributed by atoms with Gasteiger partial charge in [0.2, 0.25) is 0 Å². The molecule has 6 unspecified atom stereocenters. The van der Waals surface area contributed by atoms with Crippen molar-refractivity contribution in [2.75, 3.05) is 0 Å². The van der Waals surface area contributed by atoms with Gasteiger partial charge in [-0.3, -0.25) is 0 Å². The Labute approximate surface area is 139 Å². The maximum atomic E-state index is 2.60. The van der Waals surface area contributed by atoms with Gasteiger partial charge in [0.1, 0.15) is 0 Å². The third kappa shape index (κ3) is 3.73. The molecule has 0 amide bonds. The molecule has 3 rings (SSSR count). The van der Waals surface area contributed by atoms with Crippen LogP contribution in [-0.2, 0) is 0 Å². The van der Waals surface area contributed by atoms with Crippen molar-refractivity contribution in [3.63, 3.8) is 0 Å². The molecule has 22 heavy (non-hydrogen) atoms. The highest BCUT2D eigenvalue weighted by Gasteiger charge is 2.39. The summed E-state index contributed by atoms with van der Waals surface area (Å²) in [5.41, 5.74) is 0. The Morgan fingerprint density at radius 3 is 1.59 bits per heavy atom. The molecule has 0 aromatic rings. The molecule has 128 valence electrons. The predicted octanol–water partition coefficient (Wildman–Crippen LogP) is 6.94. The molecule has 0 saturated heterocycles. The van der Waals surface area contributed by atoms with E-state index in [1.807, 2.05) is 0 Å². The van der Waals surface area contributed by atoms with Crippen LogP contribution >= 0.6 is 0 Å². The highest BCUT2D eigenvalue weighted by atomic mass is 14.4. The molecule has 0 N–H and O–H groups in total. The minimum atomic E-state index is 0.990. The van der Waals surface area contributed by atoms with E-state index in [1.165, 1.54) is 44.9 Å². The average Bonchev–Trinajstić information content (AvgIpc) is 2.48. The lowest BCUT2D eigenvalue weighted by atomic mass is 9.60. The van der Waals surface area contributed by atoms with Crippen LogP contribution in [0.15, 0.2) is 0 Å². The van der Waals surface area contributed by atoms with E-state index in [-0.39, 0.29) is 0 Å². The van der Waals surface area contributed by atoms with Gasteiger partial charge in [-0.15, -0.1) is 0 Å². The second kappa shape index (κ2) is 7.27. The Bertz CT molecular complexity index is 338. The van der Waals surface area contributed by atoms with E-state index in [0.717, 1.165) is 47.3 Å². The van der Waals surface area contributed by atoms with Crippen LogP contribution in [-0.4, -0.2) is 0 Å². The SMILES string of the molecule is CC1CCC(C2CCC(C3CCC(C)CC3C)CC2C)CC1. The van der Waals surface area contributed by atoms with E-state index in [1.54, 1.807) is 19.3 Å². The van der Waals surface area contributed by atoms with Gasteiger partial charge in [-0.1, -0.05) is 47.0 Å². The summed E-state index contributed by atoms with van der Waals surface area (Å²) in [5.74, 6) is 8.27. The largest absolute Gasteiger partial charge is 0.0625 e. The van der Waals surface area contributed by atoms with Crippen molar-refractivity contribution in [1.29, 1.82) is 0 Å². The van der Waals surface area contributed by atoms with Crippen LogP contribution in [0.2, 0.25) is 0 Å². The topological polar surface area (TPSA) is 0 Å². The predicted molar refractivity (Wildman–Crippen MR) is 96.8 cm³/mol. The molecular formula is C22H40. The van der Waals surface area contributed by atoms with Crippen LogP contribution in [0.1, 0.15) is 91.9 Å². The molecule has 3 aliphatic carbocycles. The van der Waals surface area contributed by atoms with Gasteiger partial charge < -0.3 is 0 Å². The van der Waals surface area contributed by atoms with Crippen molar-refractivity contribution in [3.05, 3.63) is 0 Å². The van der Waals surface area contributed by atoms with Crippen molar-refractivity contribution >= 4 is 0 Å². The van der Waals surface area contributed by atoms with Crippen LogP contribution in [0.4, 0.5) is 0 Å². The standard InChI is InChI=1S/C22H40/c1-15-5-8-19(9-6-15)21-12-10-20(14-18(21)4)22-11-7-16(2)13-17(22)3/h15-22H,5-14H2,1-4H3. The monoisotopic (exact) mass is 304 g/mol. The lowest BCUT2D eigenvalue weighted by Gasteiger charge is -2.46. The van der Waals surface area contributed by atoms with E-state index >= 15 is 0 Å². The lowest BCUT2D eigenvalue weighted by Crippen LogP contribution is -2.36. The summed E-state index contributed by atoms with van der Waals surface area (Å²) in [6, 6.07) is 0. The Balaban J connectivity index is 1.53. The average molecular weight is 305 g/mol. The van der Waals surface area contributed by atoms with Crippen LogP contribution in [0.25, 0.3) is 0 Å². The molecule has 3 aliphatic rings. The molecule has 3 saturated carbocycles. The lowest BCUT2D eigenvalue weighted by molar-refractivity contribution is 0.0457. The van der Waals surface area contributed by atoms with Gasteiger partial charge in [-0.25, -0.2) is 0 Å².